The van der Waals surface area contributed by atoms with Gasteiger partial charge < -0.3 is 14.4 Å². The summed E-state index contributed by atoms with van der Waals surface area (Å²) in [5.41, 5.74) is 1.06. The number of benzene rings is 2. The Kier molecular flexibility index (Phi) is 5.70. The molecule has 2 aliphatic rings. The average molecular weight is 422 g/mol. The van der Waals surface area contributed by atoms with Crippen molar-refractivity contribution in [1.82, 2.24) is 0 Å². The highest BCUT2D eigenvalue weighted by Gasteiger charge is 2.37. The summed E-state index contributed by atoms with van der Waals surface area (Å²) >= 11 is 0. The number of rotatable bonds is 6. The predicted molar refractivity (Wildman–Crippen MR) is 112 cm³/mol. The highest BCUT2D eigenvalue weighted by atomic mass is 16.5. The van der Waals surface area contributed by atoms with Crippen LogP contribution >= 0.6 is 0 Å². The van der Waals surface area contributed by atoms with Crippen LogP contribution in [-0.4, -0.2) is 36.8 Å². The Hall–Kier alpha value is -3.68. The van der Waals surface area contributed by atoms with E-state index in [1.807, 2.05) is 6.92 Å². The first-order valence-electron chi connectivity index (χ1n) is 10.2. The fourth-order valence-electron chi connectivity index (χ4n) is 3.75. The summed E-state index contributed by atoms with van der Waals surface area (Å²) in [6.07, 6.45) is 0.400. The lowest BCUT2D eigenvalue weighted by molar-refractivity contribution is -0.139. The van der Waals surface area contributed by atoms with Gasteiger partial charge in [0.15, 0.2) is 0 Å². The number of nitrogens with zero attached hydrogens (tertiary/aromatic N) is 2. The fraction of sp³-hybridized carbons (Fsp3) is 0.304. The van der Waals surface area contributed by atoms with Crippen molar-refractivity contribution in [2.24, 2.45) is 5.92 Å². The molecule has 0 unspecified atom stereocenters. The summed E-state index contributed by atoms with van der Waals surface area (Å²) in [6.45, 7) is 2.66. The molecule has 0 bridgehead atoms. The van der Waals surface area contributed by atoms with E-state index in [2.05, 4.69) is 0 Å². The first kappa shape index (κ1) is 20.6. The molecule has 1 atom stereocenters. The summed E-state index contributed by atoms with van der Waals surface area (Å²) in [5.74, 6) is -0.920. The normalized spacial score (nSPS) is 18.6. The van der Waals surface area contributed by atoms with Crippen LogP contribution in [0.15, 0.2) is 48.5 Å². The molecule has 8 heteroatoms. The Morgan fingerprint density at radius 1 is 0.935 bits per heavy atom. The Morgan fingerprint density at radius 3 is 2.32 bits per heavy atom. The summed E-state index contributed by atoms with van der Waals surface area (Å²) in [6, 6.07) is 13.4. The molecule has 0 N–H and O–H groups in total. The molecule has 0 aliphatic carbocycles. The fourth-order valence-corrected chi connectivity index (χ4v) is 3.75. The molecule has 2 saturated heterocycles. The Bertz CT molecular complexity index is 1020. The molecule has 3 amide bonds. The molecule has 0 aromatic heterocycles. The quantitative estimate of drug-likeness (QED) is 0.404. The van der Waals surface area contributed by atoms with Gasteiger partial charge in [-0.25, -0.2) is 0 Å². The molecule has 2 aromatic carbocycles. The Labute approximate surface area is 179 Å². The molecule has 2 fully saturated rings. The van der Waals surface area contributed by atoms with Crippen molar-refractivity contribution < 1.29 is 28.7 Å². The van der Waals surface area contributed by atoms with Gasteiger partial charge in [-0.05, 0) is 43.3 Å². The van der Waals surface area contributed by atoms with Crippen LogP contribution in [0.5, 0.6) is 11.5 Å². The summed E-state index contributed by atoms with van der Waals surface area (Å²) < 4.78 is 10.9. The van der Waals surface area contributed by atoms with E-state index in [4.69, 9.17) is 9.47 Å². The van der Waals surface area contributed by atoms with Crippen LogP contribution in [0, 0.1) is 5.92 Å². The molecule has 0 spiro atoms. The molecule has 160 valence electrons. The summed E-state index contributed by atoms with van der Waals surface area (Å²) in [4.78, 5) is 51.7. The number of carbonyl (C=O) groups is 4. The number of carbonyl (C=O) groups excluding carboxylic acids is 4. The van der Waals surface area contributed by atoms with E-state index in [9.17, 15) is 19.2 Å². The smallest absolute Gasteiger partial charge is 0.316 e. The maximum atomic E-state index is 12.7. The van der Waals surface area contributed by atoms with Gasteiger partial charge in [-0.1, -0.05) is 6.07 Å². The minimum atomic E-state index is -0.613. The number of amides is 3. The van der Waals surface area contributed by atoms with Gasteiger partial charge in [0.25, 0.3) is 0 Å². The van der Waals surface area contributed by atoms with E-state index in [-0.39, 0.29) is 49.3 Å². The number of hydrogen-bond donors (Lipinski definition) is 0. The van der Waals surface area contributed by atoms with Crippen LogP contribution in [0.25, 0.3) is 0 Å². The minimum Gasteiger partial charge on any atom is -0.494 e. The second-order valence-corrected chi connectivity index (χ2v) is 7.37. The monoisotopic (exact) mass is 422 g/mol. The van der Waals surface area contributed by atoms with E-state index in [1.165, 1.54) is 6.07 Å². The molecule has 8 nitrogen and oxygen atoms in total. The zero-order valence-corrected chi connectivity index (χ0v) is 17.1. The molecular weight excluding hydrogens is 400 g/mol. The highest BCUT2D eigenvalue weighted by Crippen LogP contribution is 2.30. The van der Waals surface area contributed by atoms with E-state index in [0.29, 0.717) is 23.7 Å². The highest BCUT2D eigenvalue weighted by molar-refractivity contribution is 6.19. The summed E-state index contributed by atoms with van der Waals surface area (Å²) in [5, 5.41) is 0. The van der Waals surface area contributed by atoms with Crippen molar-refractivity contribution in [3.8, 4) is 11.5 Å². The van der Waals surface area contributed by atoms with Gasteiger partial charge in [-0.3, -0.25) is 24.1 Å². The third kappa shape index (κ3) is 4.28. The van der Waals surface area contributed by atoms with Crippen molar-refractivity contribution in [3.05, 3.63) is 48.5 Å². The van der Waals surface area contributed by atoms with E-state index in [0.717, 1.165) is 4.90 Å². The lowest BCUT2D eigenvalue weighted by Crippen LogP contribution is -2.29. The largest absolute Gasteiger partial charge is 0.494 e. The predicted octanol–water partition coefficient (Wildman–Crippen LogP) is 2.70. The Morgan fingerprint density at radius 2 is 1.65 bits per heavy atom. The SMILES string of the molecule is CCOc1ccc(N2C[C@H](C(=O)Oc3cccc(N4C(=O)CCC4=O)c3)CC2=O)cc1. The second kappa shape index (κ2) is 8.59. The van der Waals surface area contributed by atoms with E-state index in [1.54, 1.807) is 47.4 Å². The van der Waals surface area contributed by atoms with Crippen molar-refractivity contribution in [3.63, 3.8) is 0 Å². The molecule has 2 aliphatic heterocycles. The van der Waals surface area contributed by atoms with Crippen molar-refractivity contribution >= 4 is 35.1 Å². The number of esters is 1. The van der Waals surface area contributed by atoms with Crippen LogP contribution in [0.2, 0.25) is 0 Å². The summed E-state index contributed by atoms with van der Waals surface area (Å²) in [7, 11) is 0. The lowest BCUT2D eigenvalue weighted by Gasteiger charge is -2.17. The molecule has 2 aromatic rings. The van der Waals surface area contributed by atoms with Gasteiger partial charge in [0, 0.05) is 37.6 Å². The zero-order valence-electron chi connectivity index (χ0n) is 17.1. The number of hydrogen-bond acceptors (Lipinski definition) is 6. The van der Waals surface area contributed by atoms with Crippen molar-refractivity contribution in [2.45, 2.75) is 26.2 Å². The number of anilines is 2. The molecule has 4 rings (SSSR count). The maximum Gasteiger partial charge on any atom is 0.316 e. The molecule has 31 heavy (non-hydrogen) atoms. The van der Waals surface area contributed by atoms with Gasteiger partial charge in [-0.15, -0.1) is 0 Å². The number of imide groups is 1. The standard InChI is InChI=1S/C23H22N2O6/c1-2-30-18-8-6-16(7-9-18)24-14-15(12-22(24)28)23(29)31-19-5-3-4-17(13-19)25-20(26)10-11-21(25)27/h3-9,13,15H,2,10-12,14H2,1H3/t15-/m1/s1. The zero-order chi connectivity index (χ0) is 22.0. The molecule has 2 heterocycles. The lowest BCUT2D eigenvalue weighted by atomic mass is 10.1. The van der Waals surface area contributed by atoms with Crippen LogP contribution in [0.3, 0.4) is 0 Å². The second-order valence-electron chi connectivity index (χ2n) is 7.37. The van der Waals surface area contributed by atoms with Gasteiger partial charge in [0.05, 0.1) is 18.2 Å². The van der Waals surface area contributed by atoms with Gasteiger partial charge in [-0.2, -0.15) is 0 Å². The van der Waals surface area contributed by atoms with Gasteiger partial charge >= 0.3 is 5.97 Å². The van der Waals surface area contributed by atoms with Crippen LogP contribution < -0.4 is 19.3 Å². The van der Waals surface area contributed by atoms with Crippen LogP contribution in [-0.2, 0) is 19.2 Å². The van der Waals surface area contributed by atoms with Crippen LogP contribution in [0.4, 0.5) is 11.4 Å². The minimum absolute atomic E-state index is 0.0504. The van der Waals surface area contributed by atoms with E-state index < -0.39 is 11.9 Å². The maximum absolute atomic E-state index is 12.7. The average Bonchev–Trinajstić information content (AvgIpc) is 3.31. The van der Waals surface area contributed by atoms with Gasteiger partial charge in [0.1, 0.15) is 11.5 Å². The van der Waals surface area contributed by atoms with Crippen molar-refractivity contribution in [2.75, 3.05) is 23.0 Å². The third-order valence-electron chi connectivity index (χ3n) is 5.26. The molecular formula is C23H22N2O6. The Balaban J connectivity index is 1.42. The molecule has 0 radical (unpaired) electrons. The van der Waals surface area contributed by atoms with Crippen molar-refractivity contribution in [1.29, 1.82) is 0 Å². The third-order valence-corrected chi connectivity index (χ3v) is 5.26. The van der Waals surface area contributed by atoms with E-state index >= 15 is 0 Å². The topological polar surface area (TPSA) is 93.2 Å². The first-order chi connectivity index (χ1) is 15.0. The van der Waals surface area contributed by atoms with Gasteiger partial charge in [0.2, 0.25) is 17.7 Å². The molecule has 0 saturated carbocycles. The first-order valence-corrected chi connectivity index (χ1v) is 10.2. The number of ether oxygens (including phenoxy) is 2. The van der Waals surface area contributed by atoms with Crippen LogP contribution in [0.1, 0.15) is 26.2 Å².